The van der Waals surface area contributed by atoms with Gasteiger partial charge in [0.25, 0.3) is 23.6 Å². The Balaban J connectivity index is 0.00000940. The minimum Gasteiger partial charge on any atom is -0.654 e. The Morgan fingerprint density at radius 3 is 0.635 bits per heavy atom. The third-order valence-electron chi connectivity index (χ3n) is 15.1. The zero-order valence-electron chi connectivity index (χ0n) is 47.4. The van der Waals surface area contributed by atoms with Crippen LogP contribution >= 0.6 is 92.8 Å². The van der Waals surface area contributed by atoms with Crippen LogP contribution in [0.4, 0.5) is 0 Å². The Morgan fingerprint density at radius 2 is 0.482 bits per heavy atom. The Labute approximate surface area is 544 Å². The van der Waals surface area contributed by atoms with Crippen molar-refractivity contribution >= 4 is 159 Å². The number of hydrogen-bond donors (Lipinski definition) is 0. The van der Waals surface area contributed by atoms with Gasteiger partial charge in [-0.25, -0.2) is 9.97 Å². The van der Waals surface area contributed by atoms with Crippen LogP contribution in [0, 0.1) is 0 Å². The molecule has 0 saturated carbocycles. The van der Waals surface area contributed by atoms with Gasteiger partial charge in [0, 0.05) is 94.7 Å². The summed E-state index contributed by atoms with van der Waals surface area (Å²) in [7, 11) is 0. The van der Waals surface area contributed by atoms with Crippen molar-refractivity contribution in [2.24, 2.45) is 0 Å². The number of aromatic nitrogens is 4. The molecule has 21 heteroatoms. The van der Waals surface area contributed by atoms with Gasteiger partial charge in [-0.1, -0.05) is 141 Å². The van der Waals surface area contributed by atoms with Gasteiger partial charge in [0.15, 0.2) is 0 Å². The average molecular weight is 1350 g/mol. The van der Waals surface area contributed by atoms with E-state index >= 15 is 0 Å². The van der Waals surface area contributed by atoms with Gasteiger partial charge >= 0.3 is 17.1 Å². The van der Waals surface area contributed by atoms with E-state index < -0.39 is 0 Å². The van der Waals surface area contributed by atoms with Crippen LogP contribution in [0.1, 0.15) is 120 Å². The van der Waals surface area contributed by atoms with Crippen LogP contribution in [0.25, 0.3) is 86.7 Å². The molecule has 12 nitrogen and oxygen atoms in total. The Hall–Kier alpha value is -5.80. The predicted molar refractivity (Wildman–Crippen MR) is 347 cm³/mol. The molecule has 8 bridgehead atoms. The number of benzene rings is 4. The quantitative estimate of drug-likeness (QED) is 0.0873. The molecule has 4 aromatic carbocycles. The zero-order chi connectivity index (χ0) is 60.6. The fourth-order valence-electron chi connectivity index (χ4n) is 10.4. The van der Waals surface area contributed by atoms with Crippen LogP contribution in [0.3, 0.4) is 0 Å². The third kappa shape index (κ3) is 12.0. The first-order chi connectivity index (χ1) is 40.3. The van der Waals surface area contributed by atoms with Crippen molar-refractivity contribution in [1.29, 1.82) is 0 Å². The summed E-state index contributed by atoms with van der Waals surface area (Å²) >= 11 is 60.1. The molecule has 7 aromatic rings. The average Bonchev–Trinajstić information content (AvgIpc) is 1.72. The van der Waals surface area contributed by atoms with Crippen molar-refractivity contribution in [3.8, 4) is 44.5 Å². The summed E-state index contributed by atoms with van der Waals surface area (Å²) < 4.78 is 0. The van der Waals surface area contributed by atoms with E-state index in [1.54, 1.807) is 117 Å². The SMILES string of the molecule is CCN(CC)C(=O)c1ccc(-c2c3nc(c(-c4ccc(C(=O)N(CC)CC)cc4)c4[n-]c(c(Cl)c4Cl)c(-c4ccc(C(=O)N(CC)CC)cc4)c4nc(c(-c5ccc(C(=O)N(CC)CC)cc5)c5[n-]c2c(Cl)c5Cl)C(Cl)=C4Cl)C(Cl)=C3Cl)cc1.[Cu+2]. The summed E-state index contributed by atoms with van der Waals surface area (Å²) in [5.74, 6) is -0.706. The first-order valence-corrected chi connectivity index (χ1v) is 30.5. The van der Waals surface area contributed by atoms with E-state index in [0.717, 1.165) is 0 Å². The number of amides is 4. The van der Waals surface area contributed by atoms with E-state index in [9.17, 15) is 19.2 Å². The van der Waals surface area contributed by atoms with Crippen LogP contribution < -0.4 is 9.97 Å². The van der Waals surface area contributed by atoms with Crippen molar-refractivity contribution in [3.05, 3.63) is 162 Å². The molecule has 85 heavy (non-hydrogen) atoms. The summed E-state index contributed by atoms with van der Waals surface area (Å²) in [6.45, 7) is 19.2. The molecule has 0 N–H and O–H groups in total. The van der Waals surface area contributed by atoms with Crippen LogP contribution in [-0.2, 0) is 17.1 Å². The summed E-state index contributed by atoms with van der Waals surface area (Å²) in [5, 5.41) is -0.171. The molecule has 1 radical (unpaired) electrons. The Kier molecular flexibility index (Phi) is 21.1. The summed E-state index contributed by atoms with van der Waals surface area (Å²) in [6.07, 6.45) is 0. The molecule has 0 aliphatic carbocycles. The maximum Gasteiger partial charge on any atom is 2.00 e. The largest absolute Gasteiger partial charge is 2.00 e. The number of halogens is 8. The molecule has 0 atom stereocenters. The second kappa shape index (κ2) is 27.5. The minimum absolute atomic E-state index is 0. The Bertz CT molecular complexity index is 3510. The third-order valence-corrected chi connectivity index (χ3v) is 18.4. The molecular formula is C64H56Cl8CuN8O4. The molecule has 443 valence electrons. The normalized spacial score (nSPS) is 12.1. The van der Waals surface area contributed by atoms with E-state index in [2.05, 4.69) is 0 Å². The van der Waals surface area contributed by atoms with Gasteiger partial charge in [0.2, 0.25) is 0 Å². The maximum absolute atomic E-state index is 13.7. The van der Waals surface area contributed by atoms with Crippen molar-refractivity contribution in [2.45, 2.75) is 55.4 Å². The van der Waals surface area contributed by atoms with Crippen molar-refractivity contribution in [3.63, 3.8) is 0 Å². The van der Waals surface area contributed by atoms with Gasteiger partial charge < -0.3 is 29.6 Å². The molecular weight excluding hydrogens is 1290 g/mol. The van der Waals surface area contributed by atoms with E-state index in [-0.39, 0.29) is 148 Å². The van der Waals surface area contributed by atoms with E-state index in [1.807, 2.05) is 55.4 Å². The molecule has 2 aliphatic heterocycles. The molecule has 9 rings (SSSR count). The van der Waals surface area contributed by atoms with Gasteiger partial charge in [-0.2, -0.15) is 0 Å². The van der Waals surface area contributed by atoms with Crippen molar-refractivity contribution in [2.75, 3.05) is 52.4 Å². The van der Waals surface area contributed by atoms with Crippen LogP contribution in [0.15, 0.2) is 97.1 Å². The van der Waals surface area contributed by atoms with Crippen molar-refractivity contribution in [1.82, 2.24) is 39.5 Å². The molecule has 2 aliphatic rings. The smallest absolute Gasteiger partial charge is 0.654 e. The molecule has 0 fully saturated rings. The first kappa shape index (κ1) is 65.2. The summed E-state index contributed by atoms with van der Waals surface area (Å²) in [5.41, 5.74) is 5.45. The van der Waals surface area contributed by atoms with Gasteiger partial charge in [0.05, 0.1) is 42.9 Å². The van der Waals surface area contributed by atoms with E-state index in [4.69, 9.17) is 113 Å². The second-order valence-corrected chi connectivity index (χ2v) is 22.5. The molecule has 3 aromatic heterocycles. The second-order valence-electron chi connectivity index (χ2n) is 19.5. The van der Waals surface area contributed by atoms with Gasteiger partial charge in [0.1, 0.15) is 0 Å². The van der Waals surface area contributed by atoms with Gasteiger partial charge in [-0.05, 0) is 148 Å². The Morgan fingerprint density at radius 1 is 0.318 bits per heavy atom. The van der Waals surface area contributed by atoms with Gasteiger partial charge in [-0.3, -0.25) is 19.2 Å². The molecule has 5 heterocycles. The summed E-state index contributed by atoms with van der Waals surface area (Å²) in [4.78, 5) is 82.9. The van der Waals surface area contributed by atoms with E-state index in [1.165, 1.54) is 0 Å². The fraction of sp³-hybridized carbons (Fsp3) is 0.250. The van der Waals surface area contributed by atoms with Gasteiger partial charge in [-0.15, -0.1) is 22.1 Å². The van der Waals surface area contributed by atoms with Crippen LogP contribution in [0.2, 0.25) is 20.1 Å². The number of fused-ring (bicyclic) bond motifs is 8. The standard InChI is InChI=1S/C64H57Cl8N8O4.Cu/c1-9-77(10-2)61(81)37-25-17-33(18-26-37)41-53-45(65)47(67)55(73-53)42(34-19-27-38(28-20-34)62(82)78(11-3)12-4)57-49(69)51(71)59(75-57)44(36-23-31-40(32-24-36)64(84)80(15-7)16-8)60-52(72)50(70)58(76-60)43(56-48(68)46(66)54(41)74-56)35-21-29-39(30-22-35)63(83)79(13-5)14-6;/h17-32H,9-16H2,1-8H3,(H-,73,74,75,76,81,82,83,84);/q-1;+2/p-1. The maximum atomic E-state index is 13.7. The topological polar surface area (TPSA) is 135 Å². The number of nitrogens with zero attached hydrogens (tertiary/aromatic N) is 8. The number of hydrogen-bond acceptors (Lipinski definition) is 6. The number of carbonyl (C=O) groups is 4. The monoisotopic (exact) mass is 1340 g/mol. The first-order valence-electron chi connectivity index (χ1n) is 27.5. The van der Waals surface area contributed by atoms with Crippen LogP contribution in [-0.4, -0.2) is 106 Å². The number of carbonyl (C=O) groups excluding carboxylic acids is 4. The van der Waals surface area contributed by atoms with E-state index in [0.29, 0.717) is 96.9 Å². The zero-order valence-corrected chi connectivity index (χ0v) is 54.4. The van der Waals surface area contributed by atoms with Crippen LogP contribution in [0.5, 0.6) is 0 Å². The molecule has 0 spiro atoms. The molecule has 4 amide bonds. The minimum atomic E-state index is -0.177. The summed E-state index contributed by atoms with van der Waals surface area (Å²) in [6, 6.07) is 27.4. The molecule has 0 unspecified atom stereocenters. The fourth-order valence-corrected chi connectivity index (χ4v) is 12.2. The van der Waals surface area contributed by atoms with Crippen molar-refractivity contribution < 1.29 is 36.2 Å². The predicted octanol–water partition coefficient (Wildman–Crippen LogP) is 17.4. The number of rotatable bonds is 16. The molecule has 0 saturated heterocycles.